The first kappa shape index (κ1) is 17.0. The minimum atomic E-state index is -0.434. The molecule has 124 valence electrons. The minimum Gasteiger partial charge on any atom is -0.466 e. The molecule has 1 heterocycles. The number of rotatable bonds is 5. The van der Waals surface area contributed by atoms with Gasteiger partial charge in [0, 0.05) is 30.3 Å². The molecule has 23 heavy (non-hydrogen) atoms. The van der Waals surface area contributed by atoms with Gasteiger partial charge in [-0.15, -0.1) is 0 Å². The van der Waals surface area contributed by atoms with Crippen LogP contribution in [-0.4, -0.2) is 30.9 Å². The first-order chi connectivity index (χ1) is 10.9. The van der Waals surface area contributed by atoms with Crippen LogP contribution in [0.15, 0.2) is 24.3 Å². The molecule has 2 rings (SSSR count). The van der Waals surface area contributed by atoms with Gasteiger partial charge in [0.15, 0.2) is 0 Å². The van der Waals surface area contributed by atoms with Crippen molar-refractivity contribution >= 4 is 29.2 Å². The summed E-state index contributed by atoms with van der Waals surface area (Å²) >= 11 is 0. The topological polar surface area (TPSA) is 75.7 Å². The fraction of sp³-hybridized carbons (Fsp3) is 0.471. The lowest BCUT2D eigenvalue weighted by Crippen LogP contribution is -2.26. The maximum Gasteiger partial charge on any atom is 0.311 e. The Morgan fingerprint density at radius 3 is 2.78 bits per heavy atom. The van der Waals surface area contributed by atoms with E-state index < -0.39 is 5.92 Å². The summed E-state index contributed by atoms with van der Waals surface area (Å²) in [6.07, 6.45) is 0.154. The van der Waals surface area contributed by atoms with Gasteiger partial charge in [-0.1, -0.05) is 19.9 Å². The molecule has 2 amide bonds. The highest BCUT2D eigenvalue weighted by molar-refractivity contribution is 6.00. The number of nitrogens with one attached hydrogen (secondary N) is 1. The molecule has 1 aromatic rings. The summed E-state index contributed by atoms with van der Waals surface area (Å²) in [6, 6.07) is 7.07. The summed E-state index contributed by atoms with van der Waals surface area (Å²) in [6.45, 7) is 5.98. The molecule has 0 spiro atoms. The van der Waals surface area contributed by atoms with Crippen LogP contribution in [0.25, 0.3) is 0 Å². The van der Waals surface area contributed by atoms with Crippen molar-refractivity contribution < 1.29 is 19.1 Å². The fourth-order valence-electron chi connectivity index (χ4n) is 2.41. The molecule has 0 saturated carbocycles. The van der Waals surface area contributed by atoms with Gasteiger partial charge >= 0.3 is 5.97 Å². The van der Waals surface area contributed by atoms with E-state index in [9.17, 15) is 14.4 Å². The zero-order valence-corrected chi connectivity index (χ0v) is 13.7. The first-order valence-electron chi connectivity index (χ1n) is 7.80. The Morgan fingerprint density at radius 1 is 1.39 bits per heavy atom. The van der Waals surface area contributed by atoms with Crippen LogP contribution < -0.4 is 10.2 Å². The van der Waals surface area contributed by atoms with Crippen molar-refractivity contribution in [2.45, 2.75) is 27.2 Å². The van der Waals surface area contributed by atoms with Gasteiger partial charge in [0.05, 0.1) is 12.5 Å². The van der Waals surface area contributed by atoms with Crippen molar-refractivity contribution in [2.75, 3.05) is 23.4 Å². The van der Waals surface area contributed by atoms with E-state index in [1.807, 2.05) is 13.8 Å². The van der Waals surface area contributed by atoms with Gasteiger partial charge in [-0.25, -0.2) is 0 Å². The van der Waals surface area contributed by atoms with Crippen LogP contribution in [0.2, 0.25) is 0 Å². The molecular weight excluding hydrogens is 296 g/mol. The van der Waals surface area contributed by atoms with Crippen LogP contribution in [0, 0.1) is 11.8 Å². The zero-order valence-electron chi connectivity index (χ0n) is 13.7. The van der Waals surface area contributed by atoms with Crippen LogP contribution in [0.4, 0.5) is 11.4 Å². The normalized spacial score (nSPS) is 17.5. The first-order valence-corrected chi connectivity index (χ1v) is 7.80. The number of carbonyl (C=O) groups is 3. The number of hydrogen-bond donors (Lipinski definition) is 1. The third-order valence-electron chi connectivity index (χ3n) is 3.69. The second kappa shape index (κ2) is 7.26. The second-order valence-corrected chi connectivity index (χ2v) is 5.85. The van der Waals surface area contributed by atoms with Gasteiger partial charge in [0.2, 0.25) is 11.8 Å². The van der Waals surface area contributed by atoms with Gasteiger partial charge in [-0.2, -0.15) is 0 Å². The molecule has 1 saturated heterocycles. The van der Waals surface area contributed by atoms with Gasteiger partial charge in [-0.05, 0) is 25.1 Å². The average Bonchev–Trinajstić information content (AvgIpc) is 2.90. The Bertz CT molecular complexity index is 612. The molecule has 0 radical (unpaired) electrons. The molecule has 6 heteroatoms. The summed E-state index contributed by atoms with van der Waals surface area (Å²) in [5, 5.41) is 2.81. The Morgan fingerprint density at radius 2 is 2.13 bits per heavy atom. The van der Waals surface area contributed by atoms with Crippen LogP contribution in [0.5, 0.6) is 0 Å². The van der Waals surface area contributed by atoms with Crippen molar-refractivity contribution in [1.82, 2.24) is 0 Å². The molecule has 1 aliphatic heterocycles. The Balaban J connectivity index is 2.11. The number of hydrogen-bond acceptors (Lipinski definition) is 4. The number of benzene rings is 1. The van der Waals surface area contributed by atoms with Gasteiger partial charge in [-0.3, -0.25) is 14.4 Å². The third-order valence-corrected chi connectivity index (χ3v) is 3.69. The van der Waals surface area contributed by atoms with E-state index in [1.54, 1.807) is 36.1 Å². The molecule has 1 atom stereocenters. The molecule has 1 aliphatic rings. The van der Waals surface area contributed by atoms with Crippen molar-refractivity contribution in [3.63, 3.8) is 0 Å². The molecular formula is C17H22N2O4. The number of ether oxygens (including phenoxy) is 1. The zero-order chi connectivity index (χ0) is 17.0. The highest BCUT2D eigenvalue weighted by Gasteiger charge is 2.36. The Kier molecular flexibility index (Phi) is 5.36. The summed E-state index contributed by atoms with van der Waals surface area (Å²) in [7, 11) is 0. The maximum atomic E-state index is 12.2. The number of esters is 1. The lowest BCUT2D eigenvalue weighted by atomic mass is 10.1. The summed E-state index contributed by atoms with van der Waals surface area (Å²) in [5.74, 6) is -1.10. The number of amides is 2. The van der Waals surface area contributed by atoms with Crippen LogP contribution in [-0.2, 0) is 19.1 Å². The number of anilines is 2. The largest absolute Gasteiger partial charge is 0.466 e. The smallest absolute Gasteiger partial charge is 0.311 e. The molecule has 0 unspecified atom stereocenters. The van der Waals surface area contributed by atoms with Crippen molar-refractivity contribution in [3.05, 3.63) is 24.3 Å². The molecule has 1 fully saturated rings. The van der Waals surface area contributed by atoms with Gasteiger partial charge in [0.1, 0.15) is 0 Å². The quantitative estimate of drug-likeness (QED) is 0.845. The molecule has 0 aliphatic carbocycles. The molecule has 1 N–H and O–H groups in total. The second-order valence-electron chi connectivity index (χ2n) is 5.85. The SMILES string of the molecule is CCOC(=O)[C@H]1CC(=O)N(c2cccc(NC(=O)C(C)C)c2)C1. The summed E-state index contributed by atoms with van der Waals surface area (Å²) in [4.78, 5) is 37.3. The highest BCUT2D eigenvalue weighted by atomic mass is 16.5. The van der Waals surface area contributed by atoms with E-state index in [2.05, 4.69) is 5.32 Å². The molecule has 0 aromatic heterocycles. The summed E-state index contributed by atoms with van der Waals surface area (Å²) in [5.41, 5.74) is 1.30. The van der Waals surface area contributed by atoms with Crippen LogP contribution in [0.1, 0.15) is 27.2 Å². The van der Waals surface area contributed by atoms with E-state index in [4.69, 9.17) is 4.74 Å². The highest BCUT2D eigenvalue weighted by Crippen LogP contribution is 2.28. The predicted molar refractivity (Wildman–Crippen MR) is 87.0 cm³/mol. The lowest BCUT2D eigenvalue weighted by Gasteiger charge is -2.18. The minimum absolute atomic E-state index is 0.0840. The molecule has 0 bridgehead atoms. The van der Waals surface area contributed by atoms with E-state index in [0.29, 0.717) is 24.5 Å². The molecule has 1 aromatic carbocycles. The standard InChI is InChI=1S/C17H22N2O4/c1-4-23-17(22)12-8-15(20)19(10-12)14-7-5-6-13(9-14)18-16(21)11(2)3/h5-7,9,11-12H,4,8,10H2,1-3H3,(H,18,21)/t12-/m0/s1. The maximum absolute atomic E-state index is 12.2. The Hall–Kier alpha value is -2.37. The third kappa shape index (κ3) is 4.09. The monoisotopic (exact) mass is 318 g/mol. The van der Waals surface area contributed by atoms with E-state index >= 15 is 0 Å². The van der Waals surface area contributed by atoms with E-state index in [-0.39, 0.29) is 30.1 Å². The van der Waals surface area contributed by atoms with Crippen molar-refractivity contribution in [1.29, 1.82) is 0 Å². The van der Waals surface area contributed by atoms with Gasteiger partial charge in [0.25, 0.3) is 0 Å². The van der Waals surface area contributed by atoms with E-state index in [0.717, 1.165) is 0 Å². The number of nitrogens with zero attached hydrogens (tertiary/aromatic N) is 1. The van der Waals surface area contributed by atoms with Crippen LogP contribution >= 0.6 is 0 Å². The van der Waals surface area contributed by atoms with E-state index in [1.165, 1.54) is 0 Å². The Labute approximate surface area is 135 Å². The fourth-order valence-corrected chi connectivity index (χ4v) is 2.41. The van der Waals surface area contributed by atoms with Crippen molar-refractivity contribution in [3.8, 4) is 0 Å². The van der Waals surface area contributed by atoms with Crippen LogP contribution in [0.3, 0.4) is 0 Å². The summed E-state index contributed by atoms with van der Waals surface area (Å²) < 4.78 is 4.99. The van der Waals surface area contributed by atoms with Gasteiger partial charge < -0.3 is 15.0 Å². The molecule has 6 nitrogen and oxygen atoms in total. The van der Waals surface area contributed by atoms with Crippen molar-refractivity contribution in [2.24, 2.45) is 11.8 Å². The number of carbonyl (C=O) groups excluding carboxylic acids is 3. The lowest BCUT2D eigenvalue weighted by molar-refractivity contribution is -0.147. The predicted octanol–water partition coefficient (Wildman–Crippen LogP) is 2.20. The average molecular weight is 318 g/mol.